The van der Waals surface area contributed by atoms with Crippen LogP contribution in [0.15, 0.2) is 24.3 Å². The fraction of sp³-hybridized carbons (Fsp3) is 0.467. The Morgan fingerprint density at radius 3 is 2.80 bits per heavy atom. The zero-order chi connectivity index (χ0) is 14.7. The molecule has 0 spiro atoms. The summed E-state index contributed by atoms with van der Waals surface area (Å²) in [6.45, 7) is 4.58. The molecule has 5 heteroatoms. The van der Waals surface area contributed by atoms with Crippen LogP contribution in [0.5, 0.6) is 0 Å². The molecule has 0 aliphatic rings. The minimum absolute atomic E-state index is 0.0893. The predicted octanol–water partition coefficient (Wildman–Crippen LogP) is 2.86. The van der Waals surface area contributed by atoms with Gasteiger partial charge in [0.05, 0.1) is 11.0 Å². The normalized spacial score (nSPS) is 12.6. The smallest absolute Gasteiger partial charge is 0.245 e. The molecule has 2 aromatic rings. The second-order valence-corrected chi connectivity index (χ2v) is 5.23. The Morgan fingerprint density at radius 1 is 1.45 bits per heavy atom. The fourth-order valence-electron chi connectivity index (χ4n) is 2.37. The van der Waals surface area contributed by atoms with Crippen molar-refractivity contribution < 1.29 is 4.79 Å². The van der Waals surface area contributed by atoms with E-state index in [9.17, 15) is 4.79 Å². The summed E-state index contributed by atoms with van der Waals surface area (Å²) in [5.41, 5.74) is 1.89. The Kier molecular flexibility index (Phi) is 4.65. The number of imidazole rings is 1. The van der Waals surface area contributed by atoms with Crippen LogP contribution in [-0.2, 0) is 11.2 Å². The van der Waals surface area contributed by atoms with Crippen molar-refractivity contribution in [3.63, 3.8) is 0 Å². The van der Waals surface area contributed by atoms with Gasteiger partial charge in [-0.25, -0.2) is 4.98 Å². The number of carbonyl (C=O) groups is 1. The maximum atomic E-state index is 12.4. The monoisotopic (exact) mass is 293 g/mol. The van der Waals surface area contributed by atoms with Crippen LogP contribution >= 0.6 is 11.6 Å². The van der Waals surface area contributed by atoms with Crippen molar-refractivity contribution in [2.24, 2.45) is 0 Å². The van der Waals surface area contributed by atoms with Crippen molar-refractivity contribution in [1.29, 1.82) is 0 Å². The van der Waals surface area contributed by atoms with Gasteiger partial charge in [0, 0.05) is 25.9 Å². The predicted molar refractivity (Wildman–Crippen MR) is 82.2 cm³/mol. The topological polar surface area (TPSA) is 38.1 Å². The first-order chi connectivity index (χ1) is 9.60. The van der Waals surface area contributed by atoms with Crippen LogP contribution in [0.4, 0.5) is 0 Å². The summed E-state index contributed by atoms with van der Waals surface area (Å²) in [7, 11) is 1.82. The fourth-order valence-corrected chi connectivity index (χ4v) is 2.54. The van der Waals surface area contributed by atoms with Gasteiger partial charge in [-0.3, -0.25) is 4.79 Å². The number of carbonyl (C=O) groups excluding carboxylic acids is 1. The molecular weight excluding hydrogens is 274 g/mol. The third-order valence-electron chi connectivity index (χ3n) is 3.58. The molecule has 1 unspecified atom stereocenters. The number of hydrogen-bond donors (Lipinski definition) is 0. The minimum Gasteiger partial charge on any atom is -0.344 e. The summed E-state index contributed by atoms with van der Waals surface area (Å²) in [6.07, 6.45) is 0.656. The molecule has 0 fully saturated rings. The molecule has 1 aromatic carbocycles. The minimum atomic E-state index is -0.273. The lowest BCUT2D eigenvalue weighted by Gasteiger charge is -2.22. The molecule has 20 heavy (non-hydrogen) atoms. The van der Waals surface area contributed by atoms with E-state index in [1.807, 2.05) is 49.7 Å². The average Bonchev–Trinajstić information content (AvgIpc) is 2.83. The highest BCUT2D eigenvalue weighted by Crippen LogP contribution is 2.23. The highest BCUT2D eigenvalue weighted by Gasteiger charge is 2.23. The Morgan fingerprint density at radius 2 is 2.15 bits per heavy atom. The second-order valence-electron chi connectivity index (χ2n) is 4.85. The number of likely N-dealkylation sites (N-methyl/N-ethyl adjacent to an activating group) is 1. The van der Waals surface area contributed by atoms with E-state index in [1.165, 1.54) is 0 Å². The molecule has 1 atom stereocenters. The standard InChI is InChI=1S/C15H20ClN3O/c1-4-18(3)15(20)11(2)19-13-8-6-5-7-12(13)17-14(19)9-10-16/h5-8,11H,4,9-10H2,1-3H3. The molecule has 108 valence electrons. The number of fused-ring (bicyclic) bond motifs is 1. The molecule has 4 nitrogen and oxygen atoms in total. The molecule has 0 saturated carbocycles. The molecule has 0 aliphatic carbocycles. The van der Waals surface area contributed by atoms with E-state index in [-0.39, 0.29) is 11.9 Å². The van der Waals surface area contributed by atoms with Crippen molar-refractivity contribution in [3.05, 3.63) is 30.1 Å². The third-order valence-corrected chi connectivity index (χ3v) is 3.77. The summed E-state index contributed by atoms with van der Waals surface area (Å²) in [4.78, 5) is 18.7. The highest BCUT2D eigenvalue weighted by atomic mass is 35.5. The molecule has 1 aromatic heterocycles. The Hall–Kier alpha value is -1.55. The van der Waals surface area contributed by atoms with E-state index in [0.29, 0.717) is 18.8 Å². The zero-order valence-electron chi connectivity index (χ0n) is 12.1. The lowest BCUT2D eigenvalue weighted by Crippen LogP contribution is -2.33. The van der Waals surface area contributed by atoms with Crippen LogP contribution in [-0.4, -0.2) is 39.8 Å². The first-order valence-corrected chi connectivity index (χ1v) is 7.40. The number of amides is 1. The number of hydrogen-bond acceptors (Lipinski definition) is 2. The van der Waals surface area contributed by atoms with E-state index in [0.717, 1.165) is 16.9 Å². The van der Waals surface area contributed by atoms with E-state index < -0.39 is 0 Å². The first kappa shape index (κ1) is 14.9. The quantitative estimate of drug-likeness (QED) is 0.795. The number of para-hydroxylation sites is 2. The largest absolute Gasteiger partial charge is 0.344 e. The maximum Gasteiger partial charge on any atom is 0.245 e. The molecule has 0 radical (unpaired) electrons. The molecule has 1 amide bonds. The van der Waals surface area contributed by atoms with E-state index in [4.69, 9.17) is 11.6 Å². The van der Waals surface area contributed by atoms with Gasteiger partial charge in [-0.2, -0.15) is 0 Å². The molecular formula is C15H20ClN3O. The molecule has 0 aliphatic heterocycles. The molecule has 0 N–H and O–H groups in total. The van der Waals surface area contributed by atoms with Crippen LogP contribution in [0.25, 0.3) is 11.0 Å². The molecule has 0 bridgehead atoms. The summed E-state index contributed by atoms with van der Waals surface area (Å²) in [5.74, 6) is 1.45. The van der Waals surface area contributed by atoms with E-state index >= 15 is 0 Å². The van der Waals surface area contributed by atoms with Gasteiger partial charge in [0.25, 0.3) is 0 Å². The summed E-state index contributed by atoms with van der Waals surface area (Å²) < 4.78 is 2.01. The number of nitrogens with zero attached hydrogens (tertiary/aromatic N) is 3. The number of aromatic nitrogens is 2. The highest BCUT2D eigenvalue weighted by molar-refractivity contribution is 6.17. The van der Waals surface area contributed by atoms with Crippen molar-refractivity contribution in [3.8, 4) is 0 Å². The van der Waals surface area contributed by atoms with Crippen LogP contribution in [0.1, 0.15) is 25.7 Å². The van der Waals surface area contributed by atoms with Gasteiger partial charge in [-0.05, 0) is 26.0 Å². The SMILES string of the molecule is CCN(C)C(=O)C(C)n1c(CCCl)nc2ccccc21. The van der Waals surface area contributed by atoms with Crippen LogP contribution in [0.3, 0.4) is 0 Å². The summed E-state index contributed by atoms with van der Waals surface area (Å²) in [6, 6.07) is 7.60. The average molecular weight is 294 g/mol. The zero-order valence-corrected chi connectivity index (χ0v) is 12.9. The Bertz CT molecular complexity index is 608. The van der Waals surface area contributed by atoms with Gasteiger partial charge in [0.15, 0.2) is 0 Å². The van der Waals surface area contributed by atoms with Crippen molar-refractivity contribution in [2.45, 2.75) is 26.3 Å². The van der Waals surface area contributed by atoms with Crippen molar-refractivity contribution in [2.75, 3.05) is 19.5 Å². The van der Waals surface area contributed by atoms with E-state index in [1.54, 1.807) is 4.90 Å². The summed E-state index contributed by atoms with van der Waals surface area (Å²) >= 11 is 5.86. The van der Waals surface area contributed by atoms with Crippen LogP contribution in [0.2, 0.25) is 0 Å². The van der Waals surface area contributed by atoms with Gasteiger partial charge >= 0.3 is 0 Å². The third kappa shape index (κ3) is 2.66. The van der Waals surface area contributed by atoms with Gasteiger partial charge in [-0.1, -0.05) is 12.1 Å². The molecule has 1 heterocycles. The lowest BCUT2D eigenvalue weighted by molar-refractivity contribution is -0.132. The number of aryl methyl sites for hydroxylation is 1. The summed E-state index contributed by atoms with van der Waals surface area (Å²) in [5, 5.41) is 0. The second kappa shape index (κ2) is 6.27. The lowest BCUT2D eigenvalue weighted by atomic mass is 10.2. The van der Waals surface area contributed by atoms with Gasteiger partial charge < -0.3 is 9.47 Å². The van der Waals surface area contributed by atoms with E-state index in [2.05, 4.69) is 4.98 Å². The Balaban J connectivity index is 2.50. The van der Waals surface area contributed by atoms with Crippen LogP contribution in [0, 0.1) is 0 Å². The van der Waals surface area contributed by atoms with Gasteiger partial charge in [-0.15, -0.1) is 11.6 Å². The first-order valence-electron chi connectivity index (χ1n) is 6.87. The number of alkyl halides is 1. The van der Waals surface area contributed by atoms with Crippen molar-refractivity contribution in [1.82, 2.24) is 14.5 Å². The molecule has 2 rings (SSSR count). The number of rotatable bonds is 5. The molecule has 0 saturated heterocycles. The maximum absolute atomic E-state index is 12.4. The Labute approximate surface area is 124 Å². The van der Waals surface area contributed by atoms with Gasteiger partial charge in [0.1, 0.15) is 11.9 Å². The van der Waals surface area contributed by atoms with Gasteiger partial charge in [0.2, 0.25) is 5.91 Å². The van der Waals surface area contributed by atoms with Crippen LogP contribution < -0.4 is 0 Å². The van der Waals surface area contributed by atoms with Crippen molar-refractivity contribution >= 4 is 28.5 Å². The number of halogens is 1. The number of benzene rings is 1.